The van der Waals surface area contributed by atoms with E-state index in [1.165, 1.54) is 18.6 Å². The molecule has 0 saturated carbocycles. The van der Waals surface area contributed by atoms with Crippen LogP contribution in [0.2, 0.25) is 0 Å². The predicted molar refractivity (Wildman–Crippen MR) is 68.0 cm³/mol. The van der Waals surface area contributed by atoms with Gasteiger partial charge >= 0.3 is 0 Å². The summed E-state index contributed by atoms with van der Waals surface area (Å²) >= 11 is 2.02. The van der Waals surface area contributed by atoms with Crippen LogP contribution in [0, 0.1) is 0 Å². The number of rotatable bonds is 4. The molecule has 1 atom stereocenters. The second-order valence-corrected chi connectivity index (χ2v) is 5.82. The summed E-state index contributed by atoms with van der Waals surface area (Å²) in [6.45, 7) is 6.15. The van der Waals surface area contributed by atoms with Gasteiger partial charge in [-0.05, 0) is 31.9 Å². The number of guanidine groups is 1. The molecule has 1 heterocycles. The SMILES string of the molecule is CCCNC(=NCC1(C)CCCS1)NN. The smallest absolute Gasteiger partial charge is 0.205 e. The Hall–Kier alpha value is -0.420. The highest BCUT2D eigenvalue weighted by molar-refractivity contribution is 8.00. The molecule has 1 aliphatic rings. The van der Waals surface area contributed by atoms with E-state index < -0.39 is 0 Å². The largest absolute Gasteiger partial charge is 0.355 e. The minimum absolute atomic E-state index is 0.315. The molecule has 1 unspecified atom stereocenters. The van der Waals surface area contributed by atoms with E-state index in [4.69, 9.17) is 5.84 Å². The Balaban J connectivity index is 2.38. The number of nitrogens with zero attached hydrogens (tertiary/aromatic N) is 1. The van der Waals surface area contributed by atoms with Gasteiger partial charge in [-0.1, -0.05) is 6.92 Å². The second kappa shape index (κ2) is 6.23. The first-order valence-corrected chi connectivity index (χ1v) is 6.57. The van der Waals surface area contributed by atoms with E-state index in [2.05, 4.69) is 29.6 Å². The number of nitrogens with one attached hydrogen (secondary N) is 2. The molecular weight excluding hydrogens is 208 g/mol. The Morgan fingerprint density at radius 2 is 2.40 bits per heavy atom. The first-order chi connectivity index (χ1) is 7.20. The Bertz CT molecular complexity index is 211. The van der Waals surface area contributed by atoms with Crippen molar-refractivity contribution in [1.82, 2.24) is 10.7 Å². The van der Waals surface area contributed by atoms with Crippen LogP contribution in [0.25, 0.3) is 0 Å². The van der Waals surface area contributed by atoms with E-state index in [1.807, 2.05) is 11.8 Å². The average molecular weight is 230 g/mol. The topological polar surface area (TPSA) is 62.4 Å². The molecule has 0 bridgehead atoms. The normalized spacial score (nSPS) is 26.7. The minimum atomic E-state index is 0.315. The van der Waals surface area contributed by atoms with Crippen LogP contribution in [0.3, 0.4) is 0 Å². The second-order valence-electron chi connectivity index (χ2n) is 4.14. The van der Waals surface area contributed by atoms with Crippen molar-refractivity contribution < 1.29 is 0 Å². The van der Waals surface area contributed by atoms with Crippen LogP contribution in [-0.2, 0) is 0 Å². The molecule has 0 spiro atoms. The molecule has 4 N–H and O–H groups in total. The van der Waals surface area contributed by atoms with Crippen LogP contribution in [0.5, 0.6) is 0 Å². The lowest BCUT2D eigenvalue weighted by molar-refractivity contribution is 0.614. The number of aliphatic imine (C=N–C) groups is 1. The van der Waals surface area contributed by atoms with Gasteiger partial charge < -0.3 is 5.32 Å². The molecule has 0 aliphatic carbocycles. The highest BCUT2D eigenvalue weighted by atomic mass is 32.2. The van der Waals surface area contributed by atoms with Gasteiger partial charge in [0.15, 0.2) is 0 Å². The van der Waals surface area contributed by atoms with Crippen molar-refractivity contribution in [3.8, 4) is 0 Å². The van der Waals surface area contributed by atoms with Crippen molar-refractivity contribution in [2.24, 2.45) is 10.8 Å². The molecule has 0 aromatic heterocycles. The van der Waals surface area contributed by atoms with Gasteiger partial charge in [-0.3, -0.25) is 10.4 Å². The summed E-state index contributed by atoms with van der Waals surface area (Å²) in [5.41, 5.74) is 2.61. The Morgan fingerprint density at radius 3 is 2.93 bits per heavy atom. The molecule has 0 aromatic rings. The first-order valence-electron chi connectivity index (χ1n) is 5.59. The lowest BCUT2D eigenvalue weighted by atomic mass is 10.1. The zero-order chi connectivity index (χ0) is 11.1. The molecule has 1 fully saturated rings. The summed E-state index contributed by atoms with van der Waals surface area (Å²) in [6, 6.07) is 0. The Morgan fingerprint density at radius 1 is 1.60 bits per heavy atom. The van der Waals surface area contributed by atoms with Gasteiger partial charge in [0.05, 0.1) is 6.54 Å². The molecule has 1 aliphatic heterocycles. The molecule has 4 nitrogen and oxygen atoms in total. The summed E-state index contributed by atoms with van der Waals surface area (Å²) < 4.78 is 0.315. The van der Waals surface area contributed by atoms with E-state index in [1.54, 1.807) is 0 Å². The molecule has 1 rings (SSSR count). The number of nitrogens with two attached hydrogens (primary N) is 1. The fraction of sp³-hybridized carbons (Fsp3) is 0.900. The molecule has 88 valence electrons. The highest BCUT2D eigenvalue weighted by Gasteiger charge is 2.29. The van der Waals surface area contributed by atoms with Gasteiger partial charge in [0.2, 0.25) is 5.96 Å². The number of hydrogen-bond acceptors (Lipinski definition) is 3. The first kappa shape index (κ1) is 12.6. The van der Waals surface area contributed by atoms with Gasteiger partial charge in [0.25, 0.3) is 0 Å². The molecule has 5 heteroatoms. The summed E-state index contributed by atoms with van der Waals surface area (Å²) in [5, 5.41) is 3.16. The predicted octanol–water partition coefficient (Wildman–Crippen LogP) is 1.09. The zero-order valence-electron chi connectivity index (χ0n) is 9.68. The fourth-order valence-corrected chi connectivity index (χ4v) is 2.83. The van der Waals surface area contributed by atoms with E-state index >= 15 is 0 Å². The van der Waals surface area contributed by atoms with Crippen molar-refractivity contribution in [3.63, 3.8) is 0 Å². The molecule has 0 aromatic carbocycles. The zero-order valence-corrected chi connectivity index (χ0v) is 10.5. The summed E-state index contributed by atoms with van der Waals surface area (Å²) in [7, 11) is 0. The molecule has 0 amide bonds. The summed E-state index contributed by atoms with van der Waals surface area (Å²) in [6.07, 6.45) is 3.64. The maximum atomic E-state index is 5.39. The lowest BCUT2D eigenvalue weighted by Crippen LogP contribution is -2.42. The van der Waals surface area contributed by atoms with Gasteiger partial charge in [0.1, 0.15) is 0 Å². The van der Waals surface area contributed by atoms with E-state index in [-0.39, 0.29) is 0 Å². The van der Waals surface area contributed by atoms with E-state index in [9.17, 15) is 0 Å². The minimum Gasteiger partial charge on any atom is -0.355 e. The third-order valence-electron chi connectivity index (χ3n) is 2.55. The summed E-state index contributed by atoms with van der Waals surface area (Å²) in [5.74, 6) is 7.37. The molecule has 0 radical (unpaired) electrons. The van der Waals surface area contributed by atoms with Crippen LogP contribution in [0.4, 0.5) is 0 Å². The van der Waals surface area contributed by atoms with Crippen LogP contribution < -0.4 is 16.6 Å². The standard InChI is InChI=1S/C10H22N4S/c1-3-6-12-9(14-11)13-8-10(2)5-4-7-15-10/h3-8,11H2,1-2H3,(H2,12,13,14). The Kier molecular flexibility index (Phi) is 5.25. The molecule has 15 heavy (non-hydrogen) atoms. The van der Waals surface area contributed by atoms with Gasteiger partial charge in [-0.15, -0.1) is 0 Å². The van der Waals surface area contributed by atoms with Gasteiger partial charge in [-0.25, -0.2) is 5.84 Å². The third-order valence-corrected chi connectivity index (χ3v) is 4.07. The maximum Gasteiger partial charge on any atom is 0.205 e. The van der Waals surface area contributed by atoms with E-state index in [0.29, 0.717) is 10.7 Å². The van der Waals surface area contributed by atoms with Crippen molar-refractivity contribution >= 4 is 17.7 Å². The fourth-order valence-electron chi connectivity index (χ4n) is 1.60. The number of thioether (sulfide) groups is 1. The monoisotopic (exact) mass is 230 g/mol. The van der Waals surface area contributed by atoms with Crippen LogP contribution in [0.15, 0.2) is 4.99 Å². The number of hydrazine groups is 1. The van der Waals surface area contributed by atoms with Crippen LogP contribution in [-0.4, -0.2) is 29.5 Å². The lowest BCUT2D eigenvalue weighted by Gasteiger charge is -2.20. The Labute approximate surface area is 96.4 Å². The van der Waals surface area contributed by atoms with Gasteiger partial charge in [0, 0.05) is 11.3 Å². The maximum absolute atomic E-state index is 5.39. The van der Waals surface area contributed by atoms with Crippen LogP contribution in [0.1, 0.15) is 33.1 Å². The van der Waals surface area contributed by atoms with Gasteiger partial charge in [-0.2, -0.15) is 11.8 Å². The third kappa shape index (κ3) is 4.30. The van der Waals surface area contributed by atoms with Crippen molar-refractivity contribution in [3.05, 3.63) is 0 Å². The molecular formula is C10H22N4S. The molecule has 1 saturated heterocycles. The number of hydrogen-bond donors (Lipinski definition) is 3. The van der Waals surface area contributed by atoms with Crippen LogP contribution >= 0.6 is 11.8 Å². The van der Waals surface area contributed by atoms with Crippen molar-refractivity contribution in [1.29, 1.82) is 0 Å². The summed E-state index contributed by atoms with van der Waals surface area (Å²) in [4.78, 5) is 4.48. The van der Waals surface area contributed by atoms with Crippen molar-refractivity contribution in [2.75, 3.05) is 18.8 Å². The average Bonchev–Trinajstić information content (AvgIpc) is 2.66. The quantitative estimate of drug-likeness (QED) is 0.293. The van der Waals surface area contributed by atoms with Crippen molar-refractivity contribution in [2.45, 2.75) is 37.9 Å². The highest BCUT2D eigenvalue weighted by Crippen LogP contribution is 2.37. The van der Waals surface area contributed by atoms with E-state index in [0.717, 1.165) is 19.5 Å².